The van der Waals surface area contributed by atoms with E-state index in [1.807, 2.05) is 0 Å². The fraction of sp³-hybridized carbons (Fsp3) is 0.208. The predicted octanol–water partition coefficient (Wildman–Crippen LogP) is 2.14. The van der Waals surface area contributed by atoms with Gasteiger partial charge >= 0.3 is 0 Å². The molecule has 0 saturated carbocycles. The van der Waals surface area contributed by atoms with Gasteiger partial charge in [-0.15, -0.1) is 0 Å². The molecule has 2 atom stereocenters. The van der Waals surface area contributed by atoms with Crippen LogP contribution in [0.4, 0.5) is 5.69 Å². The van der Waals surface area contributed by atoms with E-state index >= 15 is 0 Å². The molecule has 1 amide bonds. The van der Waals surface area contributed by atoms with Crippen molar-refractivity contribution < 1.29 is 14.4 Å². The molecule has 0 fully saturated rings. The number of hydrogen-bond donors (Lipinski definition) is 2. The van der Waals surface area contributed by atoms with Gasteiger partial charge in [-0.3, -0.25) is 18.8 Å². The Labute approximate surface area is 204 Å². The molecular formula is C24H20N8O4. The first-order chi connectivity index (χ1) is 17.3. The first kappa shape index (κ1) is 23.9. The second-order valence-corrected chi connectivity index (χ2v) is 8.08. The van der Waals surface area contributed by atoms with Gasteiger partial charge < -0.3 is 14.9 Å². The zero-order chi connectivity index (χ0) is 26.0. The van der Waals surface area contributed by atoms with Gasteiger partial charge in [0, 0.05) is 37.7 Å². The molecule has 0 aliphatic heterocycles. The number of nitrogens with one attached hydrogen (secondary N) is 1. The zero-order valence-corrected chi connectivity index (χ0v) is 19.5. The van der Waals surface area contributed by atoms with Crippen LogP contribution in [0, 0.1) is 22.7 Å². The smallest absolute Gasteiger partial charge is 0.296 e. The predicted molar refractivity (Wildman–Crippen MR) is 125 cm³/mol. The Hall–Kier alpha value is -5.23. The van der Waals surface area contributed by atoms with E-state index in [1.54, 1.807) is 44.4 Å². The van der Waals surface area contributed by atoms with Crippen LogP contribution in [-0.4, -0.2) is 35.5 Å². The van der Waals surface area contributed by atoms with E-state index in [-0.39, 0.29) is 17.2 Å². The summed E-state index contributed by atoms with van der Waals surface area (Å²) in [5.41, 5.74) is 0.531. The molecule has 3 heterocycles. The molecule has 0 bridgehead atoms. The number of aromatic hydroxyl groups is 1. The Morgan fingerprint density at radius 2 is 1.94 bits per heavy atom. The normalized spacial score (nSPS) is 12.4. The average Bonchev–Trinajstić information content (AvgIpc) is 3.52. The Kier molecular flexibility index (Phi) is 6.35. The van der Waals surface area contributed by atoms with Crippen molar-refractivity contribution in [1.82, 2.24) is 24.5 Å². The molecule has 0 aliphatic rings. The molecule has 4 aromatic rings. The van der Waals surface area contributed by atoms with Crippen LogP contribution in [-0.2, 0) is 14.1 Å². The SMILES string of the molecule is C[C@H](c1nc(C(=O)Nc2cnoc2)c(O)c(=O)n1C)[C@H](c1ccccc1C#N)c1cn(C)nc1C#N. The van der Waals surface area contributed by atoms with Gasteiger partial charge in [0.15, 0.2) is 11.4 Å². The minimum atomic E-state index is -0.838. The summed E-state index contributed by atoms with van der Waals surface area (Å²) in [7, 11) is 3.09. The summed E-state index contributed by atoms with van der Waals surface area (Å²) in [6.07, 6.45) is 4.10. The van der Waals surface area contributed by atoms with Crippen molar-refractivity contribution in [3.05, 3.63) is 87.2 Å². The Morgan fingerprint density at radius 1 is 1.19 bits per heavy atom. The standard InChI is InChI=1S/C24H20N8O4/c1-13(19(16-7-5-4-6-14(16)8-25)17-11-31(2)30-18(17)9-26)22-29-20(21(33)24(35)32(22)3)23(34)28-15-10-27-36-12-15/h4-7,10-13,19,33H,1-3H3,(H,28,34)/t13-,19+/m0/s1. The molecule has 0 aliphatic carbocycles. The second-order valence-electron chi connectivity index (χ2n) is 8.08. The van der Waals surface area contributed by atoms with Gasteiger partial charge in [-0.25, -0.2) is 4.98 Å². The molecule has 12 heteroatoms. The van der Waals surface area contributed by atoms with Crippen LogP contribution >= 0.6 is 0 Å². The van der Waals surface area contributed by atoms with E-state index < -0.39 is 34.7 Å². The second kappa shape index (κ2) is 9.56. The molecule has 3 aromatic heterocycles. The van der Waals surface area contributed by atoms with Crippen LogP contribution in [0.5, 0.6) is 5.75 Å². The largest absolute Gasteiger partial charge is 0.501 e. The minimum absolute atomic E-state index is 0.149. The number of benzene rings is 1. The van der Waals surface area contributed by atoms with Crippen LogP contribution in [0.1, 0.15) is 57.5 Å². The van der Waals surface area contributed by atoms with Crippen molar-refractivity contribution in [2.24, 2.45) is 14.1 Å². The van der Waals surface area contributed by atoms with E-state index in [0.717, 1.165) is 4.57 Å². The van der Waals surface area contributed by atoms with Crippen molar-refractivity contribution >= 4 is 11.6 Å². The summed E-state index contributed by atoms with van der Waals surface area (Å²) in [4.78, 5) is 30.1. The Morgan fingerprint density at radius 3 is 2.61 bits per heavy atom. The third kappa shape index (κ3) is 4.19. The summed E-state index contributed by atoms with van der Waals surface area (Å²) < 4.78 is 7.32. The summed E-state index contributed by atoms with van der Waals surface area (Å²) in [5.74, 6) is -2.79. The van der Waals surface area contributed by atoms with E-state index in [4.69, 9.17) is 0 Å². The van der Waals surface area contributed by atoms with Crippen LogP contribution < -0.4 is 10.9 Å². The van der Waals surface area contributed by atoms with Crippen molar-refractivity contribution in [1.29, 1.82) is 10.5 Å². The maximum atomic E-state index is 12.9. The zero-order valence-electron chi connectivity index (χ0n) is 19.5. The van der Waals surface area contributed by atoms with E-state index in [9.17, 15) is 25.2 Å². The van der Waals surface area contributed by atoms with Gasteiger partial charge in [0.2, 0.25) is 5.75 Å². The fourth-order valence-electron chi connectivity index (χ4n) is 4.18. The number of aromatic nitrogens is 5. The lowest BCUT2D eigenvalue weighted by Gasteiger charge is -2.26. The molecule has 12 nitrogen and oxygen atoms in total. The highest BCUT2D eigenvalue weighted by Gasteiger charge is 2.33. The molecule has 0 radical (unpaired) electrons. The molecule has 2 N–H and O–H groups in total. The van der Waals surface area contributed by atoms with Crippen molar-refractivity contribution in [2.75, 3.05) is 5.32 Å². The van der Waals surface area contributed by atoms with E-state index in [1.165, 1.54) is 24.2 Å². The van der Waals surface area contributed by atoms with Gasteiger partial charge in [0.25, 0.3) is 11.5 Å². The number of nitrogens with zero attached hydrogens (tertiary/aromatic N) is 7. The molecule has 36 heavy (non-hydrogen) atoms. The van der Waals surface area contributed by atoms with Gasteiger partial charge in [-0.05, 0) is 11.6 Å². The van der Waals surface area contributed by atoms with Crippen molar-refractivity contribution in [2.45, 2.75) is 18.8 Å². The minimum Gasteiger partial charge on any atom is -0.501 e. The number of anilines is 1. The Bertz CT molecular complexity index is 1590. The third-order valence-electron chi connectivity index (χ3n) is 5.83. The molecule has 0 unspecified atom stereocenters. The van der Waals surface area contributed by atoms with Crippen LogP contribution in [0.15, 0.2) is 52.2 Å². The summed E-state index contributed by atoms with van der Waals surface area (Å²) >= 11 is 0. The summed E-state index contributed by atoms with van der Waals surface area (Å²) in [5, 5.41) is 40.1. The van der Waals surface area contributed by atoms with Gasteiger partial charge in [0.05, 0.1) is 17.8 Å². The molecular weight excluding hydrogens is 464 g/mol. The molecule has 4 rings (SSSR count). The maximum Gasteiger partial charge on any atom is 0.296 e. The first-order valence-corrected chi connectivity index (χ1v) is 10.7. The molecule has 0 spiro atoms. The van der Waals surface area contributed by atoms with Gasteiger partial charge in [-0.2, -0.15) is 15.6 Å². The van der Waals surface area contributed by atoms with E-state index in [2.05, 4.69) is 37.2 Å². The van der Waals surface area contributed by atoms with E-state index in [0.29, 0.717) is 16.7 Å². The highest BCUT2D eigenvalue weighted by molar-refractivity contribution is 6.04. The van der Waals surface area contributed by atoms with Gasteiger partial charge in [0.1, 0.15) is 23.8 Å². The number of carbonyl (C=O) groups excluding carboxylic acids is 1. The van der Waals surface area contributed by atoms with Crippen LogP contribution in [0.25, 0.3) is 0 Å². The average molecular weight is 484 g/mol. The lowest BCUT2D eigenvalue weighted by atomic mass is 9.79. The fourth-order valence-corrected chi connectivity index (χ4v) is 4.18. The number of nitriles is 2. The maximum absolute atomic E-state index is 12.9. The Balaban J connectivity index is 1.91. The molecule has 180 valence electrons. The topological polar surface area (TPSA) is 176 Å². The number of aryl methyl sites for hydroxylation is 1. The first-order valence-electron chi connectivity index (χ1n) is 10.7. The van der Waals surface area contributed by atoms with Crippen molar-refractivity contribution in [3.63, 3.8) is 0 Å². The number of amides is 1. The highest BCUT2D eigenvalue weighted by Crippen LogP contribution is 2.40. The van der Waals surface area contributed by atoms with Crippen LogP contribution in [0.2, 0.25) is 0 Å². The highest BCUT2D eigenvalue weighted by atomic mass is 16.5. The summed E-state index contributed by atoms with van der Waals surface area (Å²) in [6, 6.07) is 11.1. The molecule has 1 aromatic carbocycles. The number of rotatable bonds is 6. The summed E-state index contributed by atoms with van der Waals surface area (Å²) in [6.45, 7) is 1.76. The third-order valence-corrected chi connectivity index (χ3v) is 5.83. The quantitative estimate of drug-likeness (QED) is 0.415. The lowest BCUT2D eigenvalue weighted by molar-refractivity contribution is 0.101. The van der Waals surface area contributed by atoms with Gasteiger partial charge in [-0.1, -0.05) is 30.3 Å². The van der Waals surface area contributed by atoms with Crippen molar-refractivity contribution in [3.8, 4) is 17.9 Å². The number of carbonyl (C=O) groups is 1. The monoisotopic (exact) mass is 484 g/mol. The van der Waals surface area contributed by atoms with Crippen LogP contribution in [0.3, 0.4) is 0 Å². The lowest BCUT2D eigenvalue weighted by Crippen LogP contribution is -2.29. The number of hydrogen-bond acceptors (Lipinski definition) is 9. The molecule has 0 saturated heterocycles.